The van der Waals surface area contributed by atoms with Crippen LogP contribution >= 0.6 is 12.2 Å². The number of thiocarbonyl (C=S) groups is 1. The Morgan fingerprint density at radius 2 is 1.41 bits per heavy atom. The molecular formula is C24H23N3O5S2. The Bertz CT molecular complexity index is 1340. The Labute approximate surface area is 203 Å². The second kappa shape index (κ2) is 10.4. The lowest BCUT2D eigenvalue weighted by Gasteiger charge is -2.12. The molecule has 1 amide bonds. The van der Waals surface area contributed by atoms with Crippen LogP contribution in [0.3, 0.4) is 0 Å². The SMILES string of the molecule is COC(=O)c1ccc(C(=O)NC(=S)Nc2ccc(S(=O)(=O)Nc3ccc(C)c(C)c3)cc2)cc1. The number of methoxy groups -OCH3 is 1. The molecule has 0 spiro atoms. The van der Waals surface area contributed by atoms with E-state index in [0.717, 1.165) is 11.1 Å². The van der Waals surface area contributed by atoms with Crippen LogP contribution in [0.15, 0.2) is 71.6 Å². The first-order valence-corrected chi connectivity index (χ1v) is 12.0. The van der Waals surface area contributed by atoms with Crippen LogP contribution in [-0.4, -0.2) is 32.5 Å². The van der Waals surface area contributed by atoms with Gasteiger partial charge in [0.25, 0.3) is 15.9 Å². The molecule has 3 rings (SSSR count). The number of carbonyl (C=O) groups excluding carboxylic acids is 2. The highest BCUT2D eigenvalue weighted by Crippen LogP contribution is 2.20. The fourth-order valence-electron chi connectivity index (χ4n) is 2.95. The summed E-state index contributed by atoms with van der Waals surface area (Å²) in [6.07, 6.45) is 0. The number of hydrogen-bond donors (Lipinski definition) is 3. The van der Waals surface area contributed by atoms with Crippen molar-refractivity contribution < 1.29 is 22.7 Å². The molecule has 176 valence electrons. The monoisotopic (exact) mass is 497 g/mol. The van der Waals surface area contributed by atoms with Gasteiger partial charge in [0.05, 0.1) is 17.6 Å². The first-order valence-electron chi connectivity index (χ1n) is 10.1. The lowest BCUT2D eigenvalue weighted by Crippen LogP contribution is -2.34. The molecule has 0 radical (unpaired) electrons. The van der Waals surface area contributed by atoms with Gasteiger partial charge in [-0.2, -0.15) is 0 Å². The molecule has 10 heteroatoms. The van der Waals surface area contributed by atoms with Crippen LogP contribution in [-0.2, 0) is 14.8 Å². The van der Waals surface area contributed by atoms with Crippen molar-refractivity contribution in [3.05, 3.63) is 89.0 Å². The summed E-state index contributed by atoms with van der Waals surface area (Å²) in [4.78, 5) is 23.9. The summed E-state index contributed by atoms with van der Waals surface area (Å²) in [6.45, 7) is 3.86. The Hall–Kier alpha value is -3.76. The number of sulfonamides is 1. The van der Waals surface area contributed by atoms with Gasteiger partial charge in [0.2, 0.25) is 0 Å². The van der Waals surface area contributed by atoms with Gasteiger partial charge in [0.15, 0.2) is 5.11 Å². The van der Waals surface area contributed by atoms with Crippen molar-refractivity contribution >= 4 is 50.6 Å². The number of ether oxygens (including phenoxy) is 1. The molecule has 0 unspecified atom stereocenters. The quantitative estimate of drug-likeness (QED) is 0.348. The van der Waals surface area contributed by atoms with E-state index < -0.39 is 21.9 Å². The summed E-state index contributed by atoms with van der Waals surface area (Å²) >= 11 is 5.17. The summed E-state index contributed by atoms with van der Waals surface area (Å²) in [5.74, 6) is -0.968. The van der Waals surface area contributed by atoms with Crippen molar-refractivity contribution in [1.82, 2.24) is 5.32 Å². The number of anilines is 2. The summed E-state index contributed by atoms with van der Waals surface area (Å²) in [6, 6.07) is 17.2. The maximum Gasteiger partial charge on any atom is 0.337 e. The van der Waals surface area contributed by atoms with Crippen LogP contribution in [0.5, 0.6) is 0 Å². The molecule has 0 saturated heterocycles. The molecule has 34 heavy (non-hydrogen) atoms. The van der Waals surface area contributed by atoms with Crippen molar-refractivity contribution in [2.75, 3.05) is 17.1 Å². The number of aryl methyl sites for hydroxylation is 2. The van der Waals surface area contributed by atoms with Gasteiger partial charge in [0.1, 0.15) is 0 Å². The summed E-state index contributed by atoms with van der Waals surface area (Å²) in [7, 11) is -2.49. The fourth-order valence-corrected chi connectivity index (χ4v) is 4.21. The molecule has 0 aromatic heterocycles. The van der Waals surface area contributed by atoms with Crippen LogP contribution < -0.4 is 15.4 Å². The number of benzene rings is 3. The summed E-state index contributed by atoms with van der Waals surface area (Å²) < 4.78 is 32.5. The molecule has 3 aromatic rings. The van der Waals surface area contributed by atoms with Crippen LogP contribution in [0.25, 0.3) is 0 Å². The molecule has 8 nitrogen and oxygen atoms in total. The van der Waals surface area contributed by atoms with Gasteiger partial charge in [0, 0.05) is 16.9 Å². The van der Waals surface area contributed by atoms with Crippen LogP contribution in [0.2, 0.25) is 0 Å². The minimum absolute atomic E-state index is 0.0332. The van der Waals surface area contributed by atoms with E-state index >= 15 is 0 Å². The van der Waals surface area contributed by atoms with E-state index in [1.54, 1.807) is 24.3 Å². The van der Waals surface area contributed by atoms with Crippen molar-refractivity contribution in [3.63, 3.8) is 0 Å². The normalized spacial score (nSPS) is 10.8. The number of hydrogen-bond acceptors (Lipinski definition) is 6. The minimum atomic E-state index is -3.77. The molecule has 0 aliphatic rings. The third-order valence-corrected chi connectivity index (χ3v) is 6.58. The Morgan fingerprint density at radius 1 is 0.824 bits per heavy atom. The topological polar surface area (TPSA) is 114 Å². The molecule has 0 bridgehead atoms. The highest BCUT2D eigenvalue weighted by Gasteiger charge is 2.15. The number of amides is 1. The third-order valence-electron chi connectivity index (χ3n) is 4.98. The minimum Gasteiger partial charge on any atom is -0.465 e. The van der Waals surface area contributed by atoms with E-state index in [1.807, 2.05) is 19.9 Å². The van der Waals surface area contributed by atoms with Crippen molar-refractivity contribution in [3.8, 4) is 0 Å². The molecule has 0 heterocycles. The van der Waals surface area contributed by atoms with E-state index in [0.29, 0.717) is 22.5 Å². The highest BCUT2D eigenvalue weighted by molar-refractivity contribution is 7.92. The molecule has 3 aromatic carbocycles. The lowest BCUT2D eigenvalue weighted by molar-refractivity contribution is 0.0600. The van der Waals surface area contributed by atoms with E-state index in [2.05, 4.69) is 20.1 Å². The van der Waals surface area contributed by atoms with Gasteiger partial charge in [-0.05, 0) is 97.9 Å². The van der Waals surface area contributed by atoms with Gasteiger partial charge < -0.3 is 10.1 Å². The first-order chi connectivity index (χ1) is 16.1. The summed E-state index contributed by atoms with van der Waals surface area (Å²) in [5.41, 5.74) is 3.65. The number of esters is 1. The molecule has 3 N–H and O–H groups in total. The number of nitrogens with one attached hydrogen (secondary N) is 3. The Morgan fingerprint density at radius 3 is 2.00 bits per heavy atom. The van der Waals surface area contributed by atoms with Crippen molar-refractivity contribution in [2.45, 2.75) is 18.7 Å². The molecule has 0 fully saturated rings. The van der Waals surface area contributed by atoms with Crippen LogP contribution in [0, 0.1) is 13.8 Å². The Balaban J connectivity index is 1.61. The third kappa shape index (κ3) is 6.18. The molecule has 0 atom stereocenters. The second-order valence-electron chi connectivity index (χ2n) is 7.41. The van der Waals surface area contributed by atoms with Gasteiger partial charge in [-0.3, -0.25) is 14.8 Å². The Kier molecular flexibility index (Phi) is 7.64. The lowest BCUT2D eigenvalue weighted by atomic mass is 10.1. The van der Waals surface area contributed by atoms with Gasteiger partial charge in [-0.1, -0.05) is 6.07 Å². The van der Waals surface area contributed by atoms with E-state index in [1.165, 1.54) is 43.5 Å². The van der Waals surface area contributed by atoms with Crippen molar-refractivity contribution in [2.24, 2.45) is 0 Å². The fraction of sp³-hybridized carbons (Fsp3) is 0.125. The van der Waals surface area contributed by atoms with E-state index in [4.69, 9.17) is 12.2 Å². The average Bonchev–Trinajstić information content (AvgIpc) is 2.81. The highest BCUT2D eigenvalue weighted by atomic mass is 32.2. The van der Waals surface area contributed by atoms with Crippen molar-refractivity contribution in [1.29, 1.82) is 0 Å². The largest absolute Gasteiger partial charge is 0.465 e. The molecule has 0 saturated carbocycles. The first kappa shape index (κ1) is 24.9. The molecule has 0 aliphatic heterocycles. The maximum atomic E-state index is 12.7. The number of rotatable bonds is 6. The predicted molar refractivity (Wildman–Crippen MR) is 135 cm³/mol. The standard InChI is InChI=1S/C24H23N3O5S2/c1-15-4-9-20(14-16(15)2)27-34(30,31)21-12-10-19(11-13-21)25-24(33)26-22(28)17-5-7-18(8-6-17)23(29)32-3/h4-14,27H,1-3H3,(H2,25,26,28,33). The van der Waals surface area contributed by atoms with Gasteiger partial charge in [-0.25, -0.2) is 13.2 Å². The van der Waals surface area contributed by atoms with Crippen LogP contribution in [0.1, 0.15) is 31.8 Å². The average molecular weight is 498 g/mol. The molecule has 0 aliphatic carbocycles. The van der Waals surface area contributed by atoms with E-state index in [9.17, 15) is 18.0 Å². The number of carbonyl (C=O) groups is 2. The zero-order valence-corrected chi connectivity index (χ0v) is 20.3. The van der Waals surface area contributed by atoms with Gasteiger partial charge >= 0.3 is 5.97 Å². The van der Waals surface area contributed by atoms with E-state index in [-0.39, 0.29) is 10.0 Å². The smallest absolute Gasteiger partial charge is 0.337 e. The maximum absolute atomic E-state index is 12.7. The predicted octanol–water partition coefficient (Wildman–Crippen LogP) is 4.02. The zero-order valence-electron chi connectivity index (χ0n) is 18.7. The van der Waals surface area contributed by atoms with Crippen LogP contribution in [0.4, 0.5) is 11.4 Å². The zero-order chi connectivity index (χ0) is 24.9. The van der Waals surface area contributed by atoms with Gasteiger partial charge in [-0.15, -0.1) is 0 Å². The molecular weight excluding hydrogens is 474 g/mol. The summed E-state index contributed by atoms with van der Waals surface area (Å²) in [5, 5.41) is 5.40. The second-order valence-corrected chi connectivity index (χ2v) is 9.50.